The number of anilines is 2. The van der Waals surface area contributed by atoms with Crippen LogP contribution in [-0.4, -0.2) is 34.8 Å². The standard InChI is InChI=1S/C20H20F3N5OS/c1-12-5-4-6-13(9-12)18-25-26-19(30)28(18)11-17(29)24-15-10-14(20(21,22)23)7-8-16(15)27(2)3/h4-10H,11H2,1-3H3,(H,24,29)(H,26,30). The quantitative estimate of drug-likeness (QED) is 0.573. The number of carbonyl (C=O) groups is 1. The van der Waals surface area contributed by atoms with Gasteiger partial charge in [-0.2, -0.15) is 18.3 Å². The Morgan fingerprint density at radius 2 is 1.97 bits per heavy atom. The molecule has 0 aliphatic heterocycles. The third-order valence-electron chi connectivity index (χ3n) is 4.42. The lowest BCUT2D eigenvalue weighted by molar-refractivity contribution is -0.137. The Bertz CT molecular complexity index is 1130. The van der Waals surface area contributed by atoms with Crippen molar-refractivity contribution in [1.29, 1.82) is 0 Å². The molecule has 3 rings (SSSR count). The fourth-order valence-corrected chi connectivity index (χ4v) is 3.20. The minimum absolute atomic E-state index is 0.0620. The van der Waals surface area contributed by atoms with E-state index in [9.17, 15) is 18.0 Å². The van der Waals surface area contributed by atoms with Crippen LogP contribution < -0.4 is 10.2 Å². The number of rotatable bonds is 5. The number of halogens is 3. The number of hydrogen-bond acceptors (Lipinski definition) is 4. The van der Waals surface area contributed by atoms with Crippen LogP contribution in [0.1, 0.15) is 11.1 Å². The van der Waals surface area contributed by atoms with Gasteiger partial charge in [0.15, 0.2) is 10.6 Å². The van der Waals surface area contributed by atoms with E-state index in [1.165, 1.54) is 10.6 Å². The number of nitrogens with zero attached hydrogens (tertiary/aromatic N) is 3. The number of H-pyrrole nitrogens is 1. The molecule has 1 heterocycles. The molecular weight excluding hydrogens is 415 g/mol. The second-order valence-electron chi connectivity index (χ2n) is 6.98. The first-order valence-electron chi connectivity index (χ1n) is 8.97. The van der Waals surface area contributed by atoms with Gasteiger partial charge in [0.1, 0.15) is 6.54 Å². The first kappa shape index (κ1) is 21.6. The molecule has 0 atom stereocenters. The summed E-state index contributed by atoms with van der Waals surface area (Å²) >= 11 is 5.23. The molecule has 30 heavy (non-hydrogen) atoms. The van der Waals surface area contributed by atoms with Crippen molar-refractivity contribution in [1.82, 2.24) is 14.8 Å². The van der Waals surface area contributed by atoms with Gasteiger partial charge in [-0.1, -0.05) is 23.8 Å². The second kappa shape index (κ2) is 8.31. The van der Waals surface area contributed by atoms with Gasteiger partial charge in [0.25, 0.3) is 0 Å². The summed E-state index contributed by atoms with van der Waals surface area (Å²) in [7, 11) is 3.36. The largest absolute Gasteiger partial charge is 0.416 e. The van der Waals surface area contributed by atoms with E-state index in [1.54, 1.807) is 19.0 Å². The molecule has 0 fully saturated rings. The molecule has 10 heteroatoms. The van der Waals surface area contributed by atoms with E-state index >= 15 is 0 Å². The van der Waals surface area contributed by atoms with Gasteiger partial charge in [0.05, 0.1) is 16.9 Å². The maximum atomic E-state index is 13.1. The molecule has 0 saturated carbocycles. The van der Waals surface area contributed by atoms with Gasteiger partial charge in [-0.25, -0.2) is 0 Å². The summed E-state index contributed by atoms with van der Waals surface area (Å²) in [5.74, 6) is -0.0560. The fourth-order valence-electron chi connectivity index (χ4n) is 3.00. The van der Waals surface area contributed by atoms with Crippen LogP contribution in [-0.2, 0) is 17.5 Å². The molecule has 158 valence electrons. The highest BCUT2D eigenvalue weighted by Gasteiger charge is 2.31. The Labute approximate surface area is 176 Å². The van der Waals surface area contributed by atoms with Crippen LogP contribution in [0.2, 0.25) is 0 Å². The lowest BCUT2D eigenvalue weighted by Gasteiger charge is -2.20. The van der Waals surface area contributed by atoms with E-state index in [2.05, 4.69) is 15.5 Å². The molecule has 3 aromatic rings. The molecule has 0 saturated heterocycles. The zero-order chi connectivity index (χ0) is 22.1. The number of aromatic amines is 1. The molecule has 0 bridgehead atoms. The number of benzene rings is 2. The molecule has 0 aliphatic rings. The van der Waals surface area contributed by atoms with Gasteiger partial charge in [-0.15, -0.1) is 0 Å². The molecule has 2 aromatic carbocycles. The summed E-state index contributed by atoms with van der Waals surface area (Å²) in [6, 6.07) is 10.7. The van der Waals surface area contributed by atoms with Crippen molar-refractivity contribution < 1.29 is 18.0 Å². The lowest BCUT2D eigenvalue weighted by atomic mass is 10.1. The van der Waals surface area contributed by atoms with Gasteiger partial charge in [-0.05, 0) is 43.4 Å². The van der Waals surface area contributed by atoms with Crippen LogP contribution in [0.15, 0.2) is 42.5 Å². The van der Waals surface area contributed by atoms with Crippen molar-refractivity contribution >= 4 is 29.5 Å². The molecule has 6 nitrogen and oxygen atoms in total. The topological polar surface area (TPSA) is 66.0 Å². The van der Waals surface area contributed by atoms with Gasteiger partial charge >= 0.3 is 6.18 Å². The number of amides is 1. The minimum atomic E-state index is -4.52. The summed E-state index contributed by atoms with van der Waals surface area (Å²) in [6.45, 7) is 1.72. The van der Waals surface area contributed by atoms with Gasteiger partial charge < -0.3 is 10.2 Å². The third-order valence-corrected chi connectivity index (χ3v) is 4.73. The Kier molecular flexibility index (Phi) is 5.97. The summed E-state index contributed by atoms with van der Waals surface area (Å²) in [4.78, 5) is 14.3. The van der Waals surface area contributed by atoms with Crippen LogP contribution in [0, 0.1) is 11.7 Å². The lowest BCUT2D eigenvalue weighted by Crippen LogP contribution is -2.22. The number of hydrogen-bond donors (Lipinski definition) is 2. The summed E-state index contributed by atoms with van der Waals surface area (Å²) in [5, 5.41) is 9.42. The zero-order valence-electron chi connectivity index (χ0n) is 16.5. The highest BCUT2D eigenvalue weighted by Crippen LogP contribution is 2.35. The van der Waals surface area contributed by atoms with Crippen molar-refractivity contribution in [2.45, 2.75) is 19.6 Å². The maximum Gasteiger partial charge on any atom is 0.416 e. The van der Waals surface area contributed by atoms with Crippen LogP contribution >= 0.6 is 12.2 Å². The average Bonchev–Trinajstić information content (AvgIpc) is 3.01. The SMILES string of the molecule is Cc1cccc(-c2n[nH]c(=S)n2CC(=O)Nc2cc(C(F)(F)F)ccc2N(C)C)c1. The smallest absolute Gasteiger partial charge is 0.376 e. The minimum Gasteiger partial charge on any atom is -0.376 e. The van der Waals surface area contributed by atoms with Crippen molar-refractivity contribution in [2.24, 2.45) is 0 Å². The normalized spacial score (nSPS) is 11.4. The molecule has 1 amide bonds. The summed E-state index contributed by atoms with van der Waals surface area (Å²) in [6.07, 6.45) is -4.52. The predicted octanol–water partition coefficient (Wildman–Crippen LogP) is 4.64. The maximum absolute atomic E-state index is 13.1. The van der Waals surface area contributed by atoms with Crippen LogP contribution in [0.25, 0.3) is 11.4 Å². The van der Waals surface area contributed by atoms with Crippen LogP contribution in [0.5, 0.6) is 0 Å². The summed E-state index contributed by atoms with van der Waals surface area (Å²) < 4.78 is 41.1. The van der Waals surface area contributed by atoms with E-state index in [1.807, 2.05) is 31.2 Å². The average molecular weight is 435 g/mol. The number of nitrogens with one attached hydrogen (secondary N) is 2. The number of aryl methyl sites for hydroxylation is 1. The van der Waals surface area contributed by atoms with Gasteiger partial charge in [0.2, 0.25) is 5.91 Å². The third kappa shape index (κ3) is 4.70. The molecular formula is C20H20F3N5OS. The highest BCUT2D eigenvalue weighted by molar-refractivity contribution is 7.71. The first-order chi connectivity index (χ1) is 14.1. The van der Waals surface area contributed by atoms with Crippen molar-refractivity contribution in [3.05, 3.63) is 58.4 Å². The number of alkyl halides is 3. The number of carbonyl (C=O) groups excluding carboxylic acids is 1. The molecule has 2 N–H and O–H groups in total. The van der Waals surface area contributed by atoms with E-state index in [-0.39, 0.29) is 17.0 Å². The van der Waals surface area contributed by atoms with E-state index in [0.717, 1.165) is 23.3 Å². The van der Waals surface area contributed by atoms with Crippen molar-refractivity contribution in [3.8, 4) is 11.4 Å². The predicted molar refractivity (Wildman–Crippen MR) is 112 cm³/mol. The van der Waals surface area contributed by atoms with Gasteiger partial charge in [-0.3, -0.25) is 14.5 Å². The number of aromatic nitrogens is 3. The Hall–Kier alpha value is -3.14. The van der Waals surface area contributed by atoms with Crippen LogP contribution in [0.3, 0.4) is 0 Å². The zero-order valence-corrected chi connectivity index (χ0v) is 17.4. The molecule has 0 spiro atoms. The van der Waals surface area contributed by atoms with E-state index < -0.39 is 17.6 Å². The monoisotopic (exact) mass is 435 g/mol. The van der Waals surface area contributed by atoms with Crippen molar-refractivity contribution in [2.75, 3.05) is 24.3 Å². The molecule has 0 aliphatic carbocycles. The van der Waals surface area contributed by atoms with Gasteiger partial charge in [0, 0.05) is 19.7 Å². The molecule has 0 unspecified atom stereocenters. The van der Waals surface area contributed by atoms with Crippen LogP contribution in [0.4, 0.5) is 24.5 Å². The van der Waals surface area contributed by atoms with E-state index in [4.69, 9.17) is 12.2 Å². The molecule has 0 radical (unpaired) electrons. The first-order valence-corrected chi connectivity index (χ1v) is 9.38. The van der Waals surface area contributed by atoms with E-state index in [0.29, 0.717) is 11.5 Å². The Morgan fingerprint density at radius 1 is 1.23 bits per heavy atom. The Balaban J connectivity index is 1.90. The summed E-state index contributed by atoms with van der Waals surface area (Å²) in [5.41, 5.74) is 1.45. The fraction of sp³-hybridized carbons (Fsp3) is 0.250. The Morgan fingerprint density at radius 3 is 2.60 bits per heavy atom. The van der Waals surface area contributed by atoms with Crippen molar-refractivity contribution in [3.63, 3.8) is 0 Å². The highest BCUT2D eigenvalue weighted by atomic mass is 32.1. The second-order valence-corrected chi connectivity index (χ2v) is 7.37. The molecule has 1 aromatic heterocycles.